The molecule has 0 bridgehead atoms. The van der Waals surface area contributed by atoms with Gasteiger partial charge in [-0.05, 0) is 48.0 Å². The number of esters is 2. The maximum atomic E-state index is 13.3. The highest BCUT2D eigenvalue weighted by Gasteiger charge is 2.30. The molecule has 0 saturated heterocycles. The largest absolute Gasteiger partial charge is 0.464 e. The molecule has 0 aromatic rings. The van der Waals surface area contributed by atoms with E-state index in [1.165, 1.54) is 6.08 Å². The first-order valence-electron chi connectivity index (χ1n) is 10.3. The predicted octanol–water partition coefficient (Wildman–Crippen LogP) is 2.60. The van der Waals surface area contributed by atoms with E-state index in [-0.39, 0.29) is 51.2 Å². The summed E-state index contributed by atoms with van der Waals surface area (Å²) in [5.41, 5.74) is 0.487. The summed E-state index contributed by atoms with van der Waals surface area (Å²) in [6, 6.07) is -1.08. The van der Waals surface area contributed by atoms with Crippen LogP contribution in [0.3, 0.4) is 0 Å². The molecule has 0 saturated carbocycles. The summed E-state index contributed by atoms with van der Waals surface area (Å²) in [5, 5.41) is 2.37. The molecule has 1 amide bonds. The number of hydrogen-bond acceptors (Lipinski definition) is 9. The molecule has 0 aliphatic heterocycles. The first-order chi connectivity index (χ1) is 14.6. The van der Waals surface area contributed by atoms with Crippen molar-refractivity contribution < 1.29 is 42.2 Å². The van der Waals surface area contributed by atoms with Gasteiger partial charge in [0.15, 0.2) is 0 Å². The molecule has 1 atom stereocenters. The van der Waals surface area contributed by atoms with Gasteiger partial charge in [-0.3, -0.25) is 9.36 Å². The zero-order valence-electron chi connectivity index (χ0n) is 19.3. The fourth-order valence-corrected chi connectivity index (χ4v) is 4.74. The lowest BCUT2D eigenvalue weighted by Gasteiger charge is -2.24. The molecule has 0 heterocycles. The van der Waals surface area contributed by atoms with E-state index in [1.54, 1.807) is 41.5 Å². The van der Waals surface area contributed by atoms with Crippen molar-refractivity contribution in [2.75, 3.05) is 32.6 Å². The van der Waals surface area contributed by atoms with Crippen LogP contribution in [0.25, 0.3) is 0 Å². The van der Waals surface area contributed by atoms with Crippen molar-refractivity contribution in [1.82, 2.24) is 5.32 Å². The second-order valence-corrected chi connectivity index (χ2v) is 8.98. The highest BCUT2D eigenvalue weighted by Crippen LogP contribution is 2.52. The molecule has 11 heteroatoms. The second-order valence-electron chi connectivity index (χ2n) is 7.02. The lowest BCUT2D eigenvalue weighted by Crippen LogP contribution is -2.36. The number of ether oxygens (including phenoxy) is 3. The van der Waals surface area contributed by atoms with Crippen LogP contribution in [0.2, 0.25) is 0 Å². The van der Waals surface area contributed by atoms with Crippen molar-refractivity contribution in [1.29, 1.82) is 0 Å². The van der Waals surface area contributed by atoms with Crippen LogP contribution in [0.5, 0.6) is 0 Å². The van der Waals surface area contributed by atoms with Gasteiger partial charge in [0, 0.05) is 0 Å². The maximum absolute atomic E-state index is 13.3. The van der Waals surface area contributed by atoms with E-state index < -0.39 is 25.6 Å². The van der Waals surface area contributed by atoms with Crippen molar-refractivity contribution in [2.24, 2.45) is 0 Å². The third-order valence-electron chi connectivity index (χ3n) is 3.42. The summed E-state index contributed by atoms with van der Waals surface area (Å²) in [7, 11) is -3.57. The first-order valence-corrected chi connectivity index (χ1v) is 12.0. The Hall–Kier alpha value is -1.74. The number of hydrogen-bond donors (Lipinski definition) is 1. The summed E-state index contributed by atoms with van der Waals surface area (Å²) in [6.45, 7) is 10.5. The lowest BCUT2D eigenvalue weighted by molar-refractivity contribution is -0.148. The molecule has 1 N–H and O–H groups in total. The Balaban J connectivity index is 5.60. The molecule has 0 aliphatic carbocycles. The van der Waals surface area contributed by atoms with E-state index in [4.69, 9.17) is 23.3 Å². The van der Waals surface area contributed by atoms with Crippen LogP contribution in [0.1, 0.15) is 48.0 Å². The van der Waals surface area contributed by atoms with Crippen LogP contribution < -0.4 is 5.32 Å². The van der Waals surface area contributed by atoms with Gasteiger partial charge in [-0.1, -0.05) is 11.6 Å². The Morgan fingerprint density at radius 3 is 2.06 bits per heavy atom. The molecule has 31 heavy (non-hydrogen) atoms. The predicted molar refractivity (Wildman–Crippen MR) is 115 cm³/mol. The van der Waals surface area contributed by atoms with Gasteiger partial charge >= 0.3 is 19.5 Å². The molecule has 0 spiro atoms. The minimum atomic E-state index is -3.57. The fraction of sp³-hybridized carbons (Fsp3) is 0.750. The van der Waals surface area contributed by atoms with Crippen molar-refractivity contribution in [2.45, 2.75) is 66.2 Å². The zero-order chi connectivity index (χ0) is 23.9. The molecule has 180 valence electrons. The Bertz CT molecular complexity index is 620. The molecule has 10 nitrogen and oxygen atoms in total. The SMILES string of the molecule is CCOC(=O)COCCC(=CC(NC=O)C(=O)OCC)CP(=O)(OC(C)C)OC(C)C. The van der Waals surface area contributed by atoms with E-state index in [2.05, 4.69) is 5.32 Å². The van der Waals surface area contributed by atoms with Gasteiger partial charge in [0.25, 0.3) is 0 Å². The number of rotatable bonds is 17. The van der Waals surface area contributed by atoms with Gasteiger partial charge < -0.3 is 28.6 Å². The normalized spacial score (nSPS) is 13.2. The van der Waals surface area contributed by atoms with Gasteiger partial charge in [0.2, 0.25) is 6.41 Å². The number of carbonyl (C=O) groups excluding carboxylic acids is 3. The Labute approximate surface area is 184 Å². The van der Waals surface area contributed by atoms with Gasteiger partial charge in [0.05, 0.1) is 38.2 Å². The number of nitrogens with one attached hydrogen (secondary N) is 1. The van der Waals surface area contributed by atoms with Gasteiger partial charge in [0.1, 0.15) is 12.6 Å². The van der Waals surface area contributed by atoms with Crippen molar-refractivity contribution >= 4 is 25.9 Å². The van der Waals surface area contributed by atoms with Crippen LogP contribution in [0, 0.1) is 0 Å². The molecule has 0 aliphatic rings. The van der Waals surface area contributed by atoms with Crippen molar-refractivity contribution in [3.63, 3.8) is 0 Å². The summed E-state index contributed by atoms with van der Waals surface area (Å²) in [6.07, 6.45) is 1.19. The second kappa shape index (κ2) is 16.0. The molecular weight excluding hydrogens is 429 g/mol. The van der Waals surface area contributed by atoms with Gasteiger partial charge in [-0.25, -0.2) is 9.59 Å². The standard InChI is InChI=1S/C20H36NO9P/c1-7-27-19(23)12-26-10-9-17(11-18(21-14-22)20(24)28-8-2)13-31(25,29-15(3)4)30-16(5)6/h11,14-16,18H,7-10,12-13H2,1-6H3,(H,21,22). The quantitative estimate of drug-likeness (QED) is 0.113. The Morgan fingerprint density at radius 2 is 1.58 bits per heavy atom. The van der Waals surface area contributed by atoms with Crippen LogP contribution in [0.15, 0.2) is 11.6 Å². The van der Waals surface area contributed by atoms with Crippen molar-refractivity contribution in [3.05, 3.63) is 11.6 Å². The molecule has 0 radical (unpaired) electrons. The van der Waals surface area contributed by atoms with Gasteiger partial charge in [-0.2, -0.15) is 0 Å². The first kappa shape index (κ1) is 29.3. The van der Waals surface area contributed by atoms with Crippen molar-refractivity contribution in [3.8, 4) is 0 Å². The summed E-state index contributed by atoms with van der Waals surface area (Å²) >= 11 is 0. The summed E-state index contributed by atoms with van der Waals surface area (Å²) in [4.78, 5) is 34.5. The molecule has 0 fully saturated rings. The fourth-order valence-electron chi connectivity index (χ4n) is 2.49. The Morgan fingerprint density at radius 1 is 1.00 bits per heavy atom. The lowest BCUT2D eigenvalue weighted by atomic mass is 10.1. The average Bonchev–Trinajstić information content (AvgIpc) is 2.63. The minimum absolute atomic E-state index is 0.0879. The average molecular weight is 465 g/mol. The van der Waals surface area contributed by atoms with Gasteiger partial charge in [-0.15, -0.1) is 0 Å². The molecule has 0 rings (SSSR count). The van der Waals surface area contributed by atoms with E-state index in [1.807, 2.05) is 0 Å². The third-order valence-corrected chi connectivity index (χ3v) is 5.70. The number of amides is 1. The van der Waals surface area contributed by atoms with Crippen LogP contribution in [0.4, 0.5) is 0 Å². The highest BCUT2D eigenvalue weighted by atomic mass is 31.2. The van der Waals surface area contributed by atoms with E-state index in [0.29, 0.717) is 12.0 Å². The number of carbonyl (C=O) groups is 3. The van der Waals surface area contributed by atoms with E-state index in [9.17, 15) is 18.9 Å². The van der Waals surface area contributed by atoms with E-state index >= 15 is 0 Å². The van der Waals surface area contributed by atoms with Crippen LogP contribution >= 0.6 is 7.60 Å². The zero-order valence-corrected chi connectivity index (χ0v) is 20.1. The molecule has 1 unspecified atom stereocenters. The summed E-state index contributed by atoms with van der Waals surface area (Å²) < 4.78 is 39.5. The summed E-state index contributed by atoms with van der Waals surface area (Å²) in [5.74, 6) is -1.17. The minimum Gasteiger partial charge on any atom is -0.464 e. The third kappa shape index (κ3) is 14.0. The van der Waals surface area contributed by atoms with Crippen LogP contribution in [-0.4, -0.2) is 69.2 Å². The monoisotopic (exact) mass is 465 g/mol. The molecular formula is C20H36NO9P. The molecule has 0 aromatic carbocycles. The Kier molecular flexibility index (Phi) is 15.1. The highest BCUT2D eigenvalue weighted by molar-refractivity contribution is 7.54. The topological polar surface area (TPSA) is 126 Å². The van der Waals surface area contributed by atoms with Crippen LogP contribution in [-0.2, 0) is 42.2 Å². The smallest absolute Gasteiger partial charge is 0.335 e. The van der Waals surface area contributed by atoms with E-state index in [0.717, 1.165) is 0 Å². The molecule has 0 aromatic heterocycles. The maximum Gasteiger partial charge on any atom is 0.335 e.